The van der Waals surface area contributed by atoms with Crippen LogP contribution in [0.2, 0.25) is 0 Å². The first-order chi connectivity index (χ1) is 17.5. The molecule has 4 aromatic rings. The second-order valence-corrected chi connectivity index (χ2v) is 9.63. The summed E-state index contributed by atoms with van der Waals surface area (Å²) < 4.78 is 1.61. The topological polar surface area (TPSA) is 106 Å². The van der Waals surface area contributed by atoms with Gasteiger partial charge < -0.3 is 10.6 Å². The van der Waals surface area contributed by atoms with Crippen LogP contribution >= 0.6 is 11.3 Å². The summed E-state index contributed by atoms with van der Waals surface area (Å²) in [6, 6.07) is 19.8. The van der Waals surface area contributed by atoms with Crippen LogP contribution in [0.25, 0.3) is 16.4 Å². The van der Waals surface area contributed by atoms with E-state index < -0.39 is 23.6 Å². The summed E-state index contributed by atoms with van der Waals surface area (Å²) >= 11 is 1.42. The third-order valence-electron chi connectivity index (χ3n) is 5.90. The lowest BCUT2D eigenvalue weighted by Gasteiger charge is -2.17. The zero-order chi connectivity index (χ0) is 25.1. The fourth-order valence-corrected chi connectivity index (χ4v) is 4.66. The molecule has 1 aliphatic carbocycles. The van der Waals surface area contributed by atoms with Crippen molar-refractivity contribution in [2.45, 2.75) is 38.3 Å². The molecule has 0 spiro atoms. The summed E-state index contributed by atoms with van der Waals surface area (Å²) in [6.07, 6.45) is 1.94. The van der Waals surface area contributed by atoms with E-state index in [1.54, 1.807) is 10.7 Å². The molecule has 2 aromatic carbocycles. The number of hydrogen-bond donors (Lipinski definition) is 2. The van der Waals surface area contributed by atoms with Crippen LogP contribution in [-0.2, 0) is 16.0 Å². The van der Waals surface area contributed by atoms with E-state index in [1.165, 1.54) is 11.3 Å². The van der Waals surface area contributed by atoms with E-state index in [0.717, 1.165) is 35.4 Å². The molecule has 8 nitrogen and oxygen atoms in total. The van der Waals surface area contributed by atoms with Crippen LogP contribution < -0.4 is 10.6 Å². The van der Waals surface area contributed by atoms with Crippen molar-refractivity contribution in [1.29, 1.82) is 0 Å². The number of amides is 2. The van der Waals surface area contributed by atoms with Crippen LogP contribution in [0.4, 0.5) is 0 Å². The molecule has 1 atom stereocenters. The molecular weight excluding hydrogens is 474 g/mol. The smallest absolute Gasteiger partial charge is 0.289 e. The van der Waals surface area contributed by atoms with Crippen LogP contribution in [-0.4, -0.2) is 44.4 Å². The molecule has 0 unspecified atom stereocenters. The normalized spacial score (nSPS) is 13.7. The van der Waals surface area contributed by atoms with Gasteiger partial charge in [-0.05, 0) is 31.4 Å². The van der Waals surface area contributed by atoms with Gasteiger partial charge in [-0.15, -0.1) is 11.3 Å². The minimum Gasteiger partial charge on any atom is -0.347 e. The number of nitrogens with one attached hydrogen (secondary N) is 2. The quantitative estimate of drug-likeness (QED) is 0.343. The lowest BCUT2D eigenvalue weighted by atomic mass is 10.0. The van der Waals surface area contributed by atoms with Crippen LogP contribution in [0.5, 0.6) is 0 Å². The van der Waals surface area contributed by atoms with Gasteiger partial charge in [-0.2, -0.15) is 5.10 Å². The van der Waals surface area contributed by atoms with Gasteiger partial charge in [-0.1, -0.05) is 60.7 Å². The number of thiazole rings is 1. The molecule has 0 radical (unpaired) electrons. The second kappa shape index (κ2) is 10.2. The number of benzene rings is 2. The molecule has 2 N–H and O–H groups in total. The molecule has 1 aliphatic rings. The number of hydrogen-bond acceptors (Lipinski definition) is 6. The summed E-state index contributed by atoms with van der Waals surface area (Å²) in [5.74, 6) is -1.86. The fourth-order valence-electron chi connectivity index (χ4n) is 3.82. The van der Waals surface area contributed by atoms with Crippen molar-refractivity contribution in [3.63, 3.8) is 0 Å². The average molecular weight is 500 g/mol. The number of carbonyl (C=O) groups excluding carboxylic acids is 3. The fraction of sp³-hybridized carbons (Fsp3) is 0.222. The molecule has 182 valence electrons. The van der Waals surface area contributed by atoms with E-state index in [9.17, 15) is 14.4 Å². The molecule has 9 heteroatoms. The van der Waals surface area contributed by atoms with E-state index in [1.807, 2.05) is 73.0 Å². The summed E-state index contributed by atoms with van der Waals surface area (Å²) in [5.41, 5.74) is 3.54. The van der Waals surface area contributed by atoms with Crippen molar-refractivity contribution in [2.75, 3.05) is 0 Å². The molecule has 2 heterocycles. The van der Waals surface area contributed by atoms with Gasteiger partial charge in [0.1, 0.15) is 6.04 Å². The Morgan fingerprint density at radius 2 is 1.75 bits per heavy atom. The number of nitrogens with zero attached hydrogens (tertiary/aromatic N) is 3. The van der Waals surface area contributed by atoms with Crippen molar-refractivity contribution in [2.24, 2.45) is 0 Å². The Hall–Kier alpha value is -4.11. The first-order valence-electron chi connectivity index (χ1n) is 11.8. The highest BCUT2D eigenvalue weighted by atomic mass is 32.1. The van der Waals surface area contributed by atoms with Crippen molar-refractivity contribution < 1.29 is 14.4 Å². The number of ketones is 1. The average Bonchev–Trinajstić information content (AvgIpc) is 3.42. The van der Waals surface area contributed by atoms with Crippen LogP contribution in [0.15, 0.2) is 72.1 Å². The maximum absolute atomic E-state index is 13.1. The molecule has 36 heavy (non-hydrogen) atoms. The monoisotopic (exact) mass is 499 g/mol. The molecule has 2 amide bonds. The van der Waals surface area contributed by atoms with Crippen LogP contribution in [0.1, 0.15) is 34.6 Å². The Balaban J connectivity index is 1.35. The van der Waals surface area contributed by atoms with Crippen molar-refractivity contribution in [3.8, 4) is 16.4 Å². The summed E-state index contributed by atoms with van der Waals surface area (Å²) in [6.45, 7) is 1.84. The second-order valence-electron chi connectivity index (χ2n) is 8.79. The first-order valence-corrected chi connectivity index (χ1v) is 12.6. The molecule has 2 aromatic heterocycles. The van der Waals surface area contributed by atoms with Gasteiger partial charge in [-0.3, -0.25) is 14.4 Å². The summed E-state index contributed by atoms with van der Waals surface area (Å²) in [4.78, 5) is 43.2. The highest BCUT2D eigenvalue weighted by molar-refractivity contribution is 7.12. The zero-order valence-corrected chi connectivity index (χ0v) is 20.5. The molecule has 0 aliphatic heterocycles. The summed E-state index contributed by atoms with van der Waals surface area (Å²) in [5, 5.41) is 12.5. The van der Waals surface area contributed by atoms with Gasteiger partial charge in [0.2, 0.25) is 10.9 Å². The Kier molecular flexibility index (Phi) is 6.73. The van der Waals surface area contributed by atoms with Crippen LogP contribution in [0.3, 0.4) is 0 Å². The molecule has 1 saturated carbocycles. The number of rotatable bonds is 9. The minimum atomic E-state index is -1.01. The van der Waals surface area contributed by atoms with Gasteiger partial charge in [0.15, 0.2) is 5.69 Å². The lowest BCUT2D eigenvalue weighted by molar-refractivity contribution is -0.139. The van der Waals surface area contributed by atoms with E-state index in [2.05, 4.69) is 20.7 Å². The molecule has 0 saturated heterocycles. The van der Waals surface area contributed by atoms with Crippen molar-refractivity contribution in [1.82, 2.24) is 25.4 Å². The maximum atomic E-state index is 13.1. The lowest BCUT2D eigenvalue weighted by Crippen LogP contribution is -2.49. The van der Waals surface area contributed by atoms with E-state index in [4.69, 9.17) is 0 Å². The molecule has 0 bridgehead atoms. The number of carbonyl (C=O) groups is 3. The Bertz CT molecular complexity index is 1390. The minimum absolute atomic E-state index is 0.0481. The van der Waals surface area contributed by atoms with E-state index >= 15 is 0 Å². The maximum Gasteiger partial charge on any atom is 0.289 e. The Morgan fingerprint density at radius 3 is 2.44 bits per heavy atom. The summed E-state index contributed by atoms with van der Waals surface area (Å²) in [7, 11) is 0. The first kappa shape index (κ1) is 23.6. The Labute approximate surface area is 212 Å². The van der Waals surface area contributed by atoms with E-state index in [-0.39, 0.29) is 18.2 Å². The highest BCUT2D eigenvalue weighted by Crippen LogP contribution is 2.25. The van der Waals surface area contributed by atoms with Crippen molar-refractivity contribution >= 4 is 28.9 Å². The van der Waals surface area contributed by atoms with Gasteiger partial charge in [-0.25, -0.2) is 9.67 Å². The standard InChI is InChI=1S/C27H25N5O3S/c1-17-14-22(31-32(17)27-30-23(16-36-27)19-10-6-3-7-11-19)25(34)29-21(15-18-8-4-2-5-9-18)24(33)26(35)28-20-12-13-20/h2-11,14,16,20-21H,12-13,15H2,1H3,(H,28,35)(H,29,34)/t21-/m0/s1. The van der Waals surface area contributed by atoms with Crippen LogP contribution in [0, 0.1) is 6.92 Å². The number of aromatic nitrogens is 3. The zero-order valence-electron chi connectivity index (χ0n) is 19.7. The number of Topliss-reactive ketones (excluding diaryl/α,β-unsaturated/α-hetero) is 1. The van der Waals surface area contributed by atoms with Gasteiger partial charge >= 0.3 is 0 Å². The van der Waals surface area contributed by atoms with E-state index in [0.29, 0.717) is 5.13 Å². The van der Waals surface area contributed by atoms with Gasteiger partial charge in [0.05, 0.1) is 5.69 Å². The predicted molar refractivity (Wildman–Crippen MR) is 137 cm³/mol. The van der Waals surface area contributed by atoms with Gasteiger partial charge in [0.25, 0.3) is 11.8 Å². The predicted octanol–water partition coefficient (Wildman–Crippen LogP) is 3.49. The van der Waals surface area contributed by atoms with Gasteiger partial charge in [0, 0.05) is 29.1 Å². The largest absolute Gasteiger partial charge is 0.347 e. The van der Waals surface area contributed by atoms with Crippen molar-refractivity contribution in [3.05, 3.63) is 89.1 Å². The highest BCUT2D eigenvalue weighted by Gasteiger charge is 2.32. The molecular formula is C27H25N5O3S. The third kappa shape index (κ3) is 5.41. The molecule has 5 rings (SSSR count). The third-order valence-corrected chi connectivity index (χ3v) is 6.72. The Morgan fingerprint density at radius 1 is 1.06 bits per heavy atom. The number of aryl methyl sites for hydroxylation is 1. The SMILES string of the molecule is Cc1cc(C(=O)N[C@@H](Cc2ccccc2)C(=O)C(=O)NC2CC2)nn1-c1nc(-c2ccccc2)cs1. The molecule has 1 fully saturated rings.